The van der Waals surface area contributed by atoms with E-state index in [1.54, 1.807) is 53.8 Å². The molecular weight excluding hydrogens is 908 g/mol. The summed E-state index contributed by atoms with van der Waals surface area (Å²) >= 11 is 0. The van der Waals surface area contributed by atoms with E-state index in [2.05, 4.69) is 228 Å². The van der Waals surface area contributed by atoms with E-state index in [1.165, 1.54) is 120 Å². The Morgan fingerprint density at radius 1 is 0.432 bits per heavy atom. The van der Waals surface area contributed by atoms with Gasteiger partial charge in [-0.3, -0.25) is 0 Å². The molecule has 2 nitrogen and oxygen atoms in total. The van der Waals surface area contributed by atoms with Gasteiger partial charge in [-0.15, -0.1) is 0 Å². The summed E-state index contributed by atoms with van der Waals surface area (Å²) in [4.78, 5) is 0. The Kier molecular flexibility index (Phi) is 7.64. The fraction of sp³-hybridized carbons (Fsp3) is 0.229. The van der Waals surface area contributed by atoms with Crippen molar-refractivity contribution in [2.75, 3.05) is 0 Å². The van der Waals surface area contributed by atoms with Gasteiger partial charge in [-0.1, -0.05) is 207 Å². The molecule has 2 aromatic heterocycles. The van der Waals surface area contributed by atoms with E-state index in [0.29, 0.717) is 0 Å². The standard InChI is InChI=1S/C70H59BN2Si/c1-67(2)33-35-69(5,6)58-47(67)38-49-64-56(58)57-59-48(68(3,4)34-36-70(59,7)8)39-54-65(57)73(64)66-53(74(54)51-29-19-17-27-44(51)45-28-18-20-30-52(45)74)32-31-50-61(66)71(49)60-43-26-16-15-25-42(43)37-46-55(40-21-11-9-12-22-40)62(72(50)63(46)60)41-23-13-10-14-24-41/h9-32,37-39H,33-36H2,1-8H3. The monoisotopic (exact) mass is 966 g/mol. The molecule has 4 aliphatic heterocycles. The van der Waals surface area contributed by atoms with Gasteiger partial charge in [0.2, 0.25) is 0 Å². The first-order chi connectivity index (χ1) is 35.7. The number of benzene rings is 9. The molecule has 11 aromatic rings. The van der Waals surface area contributed by atoms with Crippen LogP contribution >= 0.6 is 0 Å². The van der Waals surface area contributed by atoms with Crippen LogP contribution < -0.4 is 37.1 Å². The molecule has 2 aliphatic carbocycles. The van der Waals surface area contributed by atoms with Crippen LogP contribution in [-0.4, -0.2) is 23.9 Å². The van der Waals surface area contributed by atoms with Crippen LogP contribution in [0.4, 0.5) is 0 Å². The molecule has 4 heteroatoms. The van der Waals surface area contributed by atoms with Crippen molar-refractivity contribution in [3.63, 3.8) is 0 Å². The molecule has 0 saturated carbocycles. The smallest absolute Gasteiger partial charge is 0.253 e. The Morgan fingerprint density at radius 2 is 0.986 bits per heavy atom. The first-order valence-electron chi connectivity index (χ1n) is 27.6. The highest BCUT2D eigenvalue weighted by molar-refractivity contribution is 7.24. The molecule has 0 unspecified atom stereocenters. The molecule has 0 bridgehead atoms. The molecule has 6 heterocycles. The number of rotatable bonds is 2. The predicted octanol–water partition coefficient (Wildman–Crippen LogP) is 12.7. The summed E-state index contributed by atoms with van der Waals surface area (Å²) in [6, 6.07) is 64.8. The van der Waals surface area contributed by atoms with Gasteiger partial charge < -0.3 is 9.13 Å². The van der Waals surface area contributed by atoms with Crippen LogP contribution in [0.25, 0.3) is 88.4 Å². The van der Waals surface area contributed by atoms with Crippen molar-refractivity contribution in [1.29, 1.82) is 0 Å². The predicted molar refractivity (Wildman–Crippen MR) is 317 cm³/mol. The van der Waals surface area contributed by atoms with Gasteiger partial charge in [0, 0.05) is 38.6 Å². The van der Waals surface area contributed by atoms with Crippen molar-refractivity contribution in [2.24, 2.45) is 0 Å². The third-order valence-corrected chi connectivity index (χ3v) is 25.2. The largest absolute Gasteiger partial charge is 0.310 e. The van der Waals surface area contributed by atoms with Gasteiger partial charge in [0.1, 0.15) is 0 Å². The fourth-order valence-electron chi connectivity index (χ4n) is 16.9. The van der Waals surface area contributed by atoms with Crippen molar-refractivity contribution in [3.05, 3.63) is 186 Å². The Balaban J connectivity index is 1.20. The topological polar surface area (TPSA) is 9.86 Å². The normalized spacial score (nSPS) is 18.6. The molecule has 0 saturated heterocycles. The van der Waals surface area contributed by atoms with Crippen molar-refractivity contribution in [1.82, 2.24) is 9.13 Å². The third-order valence-electron chi connectivity index (χ3n) is 20.3. The van der Waals surface area contributed by atoms with Crippen molar-refractivity contribution in [3.8, 4) is 44.9 Å². The van der Waals surface area contributed by atoms with Crippen molar-refractivity contribution < 1.29 is 0 Å². The number of fused-ring (bicyclic) bond motifs is 17. The van der Waals surface area contributed by atoms with Gasteiger partial charge in [0.15, 0.2) is 8.07 Å². The first-order valence-corrected chi connectivity index (χ1v) is 29.6. The van der Waals surface area contributed by atoms with Crippen LogP contribution in [0, 0.1) is 0 Å². The van der Waals surface area contributed by atoms with E-state index in [0.717, 1.165) is 0 Å². The molecule has 1 spiro atoms. The summed E-state index contributed by atoms with van der Waals surface area (Å²) in [5.41, 5.74) is 25.8. The average molecular weight is 967 g/mol. The molecule has 6 aliphatic rings. The zero-order chi connectivity index (χ0) is 49.7. The summed E-state index contributed by atoms with van der Waals surface area (Å²) in [5.74, 6) is 0. The maximum Gasteiger partial charge on any atom is 0.253 e. The second-order valence-electron chi connectivity index (χ2n) is 25.9. The quantitative estimate of drug-likeness (QED) is 0.153. The van der Waals surface area contributed by atoms with Crippen molar-refractivity contribution in [2.45, 2.75) is 103 Å². The molecule has 17 rings (SSSR count). The van der Waals surface area contributed by atoms with Gasteiger partial charge in [-0.2, -0.15) is 0 Å². The number of nitrogens with zero attached hydrogens (tertiary/aromatic N) is 2. The minimum absolute atomic E-state index is 0.00610. The molecule has 0 atom stereocenters. The molecule has 74 heavy (non-hydrogen) atoms. The average Bonchev–Trinajstić information content (AvgIpc) is 4.17. The number of aromatic nitrogens is 2. The first kappa shape index (κ1) is 42.2. The van der Waals surface area contributed by atoms with E-state index in [1.807, 2.05) is 0 Å². The molecule has 0 radical (unpaired) electrons. The Labute approximate surface area is 435 Å². The summed E-state index contributed by atoms with van der Waals surface area (Å²) in [5, 5.41) is 13.4. The second kappa shape index (κ2) is 13.4. The SMILES string of the molecule is CC1(C)CCC(C)(C)c2c1cc1c3c2c2c4c(cc5c2n3-c2c(ccc3c2B1c1c2ccccc2cc2c(-c6ccccc6)c(-c6ccccc6)n-3c12)[Si]51c2ccccc2-c2ccccc21)C(C)(C)CCC4(C)C. The lowest BCUT2D eigenvalue weighted by atomic mass is 9.33. The van der Waals surface area contributed by atoms with Crippen LogP contribution in [0.5, 0.6) is 0 Å². The van der Waals surface area contributed by atoms with E-state index in [4.69, 9.17) is 0 Å². The zero-order valence-electron chi connectivity index (χ0n) is 43.9. The third kappa shape index (κ3) is 4.71. The van der Waals surface area contributed by atoms with Crippen LogP contribution in [0.2, 0.25) is 0 Å². The number of hydrogen-bond acceptors (Lipinski definition) is 0. The van der Waals surface area contributed by atoms with Crippen LogP contribution in [-0.2, 0) is 21.7 Å². The Bertz CT molecular complexity index is 4380. The molecular formula is C70H59BN2Si. The van der Waals surface area contributed by atoms with E-state index >= 15 is 0 Å². The Morgan fingerprint density at radius 3 is 1.65 bits per heavy atom. The summed E-state index contributed by atoms with van der Waals surface area (Å²) in [6.07, 6.45) is 4.68. The lowest BCUT2D eigenvalue weighted by Crippen LogP contribution is -2.77. The van der Waals surface area contributed by atoms with Gasteiger partial charge in [-0.25, -0.2) is 0 Å². The van der Waals surface area contributed by atoms with Gasteiger partial charge >= 0.3 is 0 Å². The lowest BCUT2D eigenvalue weighted by molar-refractivity contribution is 0.333. The highest BCUT2D eigenvalue weighted by Gasteiger charge is 2.58. The van der Waals surface area contributed by atoms with Crippen LogP contribution in [0.15, 0.2) is 164 Å². The van der Waals surface area contributed by atoms with Crippen molar-refractivity contribution >= 4 is 95.4 Å². The van der Waals surface area contributed by atoms with E-state index in [9.17, 15) is 0 Å². The maximum absolute atomic E-state index is 3.07. The summed E-state index contributed by atoms with van der Waals surface area (Å²) < 4.78 is 5.71. The minimum Gasteiger partial charge on any atom is -0.310 e. The molecule has 0 N–H and O–H groups in total. The second-order valence-corrected chi connectivity index (χ2v) is 29.6. The number of hydrogen-bond donors (Lipinski definition) is 0. The van der Waals surface area contributed by atoms with Gasteiger partial charge in [-0.05, 0) is 152 Å². The lowest BCUT2D eigenvalue weighted by Gasteiger charge is -2.46. The molecule has 9 aromatic carbocycles. The van der Waals surface area contributed by atoms with Gasteiger partial charge in [0.05, 0.1) is 16.7 Å². The highest BCUT2D eigenvalue weighted by atomic mass is 28.3. The van der Waals surface area contributed by atoms with E-state index in [-0.39, 0.29) is 28.4 Å². The molecule has 356 valence electrons. The maximum atomic E-state index is 2.95. The molecule has 0 amide bonds. The zero-order valence-corrected chi connectivity index (χ0v) is 44.9. The minimum atomic E-state index is -3.07. The van der Waals surface area contributed by atoms with Crippen LogP contribution in [0.3, 0.4) is 0 Å². The van der Waals surface area contributed by atoms with Gasteiger partial charge in [0.25, 0.3) is 6.71 Å². The molecule has 0 fully saturated rings. The Hall–Kier alpha value is -7.14. The highest BCUT2D eigenvalue weighted by Crippen LogP contribution is 2.57. The van der Waals surface area contributed by atoms with Crippen LogP contribution in [0.1, 0.15) is 103 Å². The summed E-state index contributed by atoms with van der Waals surface area (Å²) in [6.45, 7) is 20.7. The van der Waals surface area contributed by atoms with E-state index < -0.39 is 8.07 Å². The fourth-order valence-corrected chi connectivity index (χ4v) is 22.5. The summed E-state index contributed by atoms with van der Waals surface area (Å²) in [7, 11) is -3.07.